The lowest BCUT2D eigenvalue weighted by atomic mass is 9.94. The van der Waals surface area contributed by atoms with Crippen LogP contribution in [0.2, 0.25) is 0 Å². The third-order valence-electron chi connectivity index (χ3n) is 3.58. The van der Waals surface area contributed by atoms with Crippen molar-refractivity contribution in [1.82, 2.24) is 4.98 Å². The molecule has 1 aromatic carbocycles. The molecule has 4 heteroatoms. The summed E-state index contributed by atoms with van der Waals surface area (Å²) in [5, 5.41) is 9.00. The Kier molecular flexibility index (Phi) is 2.78. The van der Waals surface area contributed by atoms with Gasteiger partial charge in [0, 0.05) is 12.1 Å². The van der Waals surface area contributed by atoms with Crippen LogP contribution in [0.3, 0.4) is 0 Å². The summed E-state index contributed by atoms with van der Waals surface area (Å²) in [4.78, 5) is 15.3. The number of aromatic nitrogens is 1. The quantitative estimate of drug-likeness (QED) is 0.899. The van der Waals surface area contributed by atoms with Gasteiger partial charge in [0.05, 0.1) is 11.3 Å². The van der Waals surface area contributed by atoms with Crippen molar-refractivity contribution in [2.24, 2.45) is 0 Å². The Labute approximate surface area is 109 Å². The zero-order valence-electron chi connectivity index (χ0n) is 10.1. The molecule has 1 N–H and O–H groups in total. The number of rotatable bonds is 2. The van der Waals surface area contributed by atoms with Crippen LogP contribution in [0.5, 0.6) is 0 Å². The molecule has 1 heterocycles. The van der Waals surface area contributed by atoms with Gasteiger partial charge in [-0.25, -0.2) is 9.18 Å². The molecule has 0 spiro atoms. The number of fused-ring (bicyclic) bond motifs is 1. The van der Waals surface area contributed by atoms with Crippen molar-refractivity contribution in [1.29, 1.82) is 0 Å². The molecule has 1 unspecified atom stereocenters. The summed E-state index contributed by atoms with van der Waals surface area (Å²) < 4.78 is 14.0. The van der Waals surface area contributed by atoms with E-state index in [4.69, 9.17) is 5.11 Å². The van der Waals surface area contributed by atoms with E-state index in [1.165, 1.54) is 18.2 Å². The van der Waals surface area contributed by atoms with Crippen LogP contribution in [-0.2, 0) is 6.42 Å². The van der Waals surface area contributed by atoms with Gasteiger partial charge >= 0.3 is 5.97 Å². The number of hydrogen-bond donors (Lipinski definition) is 1. The Morgan fingerprint density at radius 3 is 3.00 bits per heavy atom. The van der Waals surface area contributed by atoms with Gasteiger partial charge in [0.15, 0.2) is 0 Å². The molecule has 2 aromatic rings. The van der Waals surface area contributed by atoms with Gasteiger partial charge in [0.1, 0.15) is 5.82 Å². The first kappa shape index (κ1) is 11.8. The molecule has 3 rings (SSSR count). The van der Waals surface area contributed by atoms with Gasteiger partial charge in [-0.3, -0.25) is 4.98 Å². The number of carboxylic acid groups (broad SMARTS) is 1. The van der Waals surface area contributed by atoms with Gasteiger partial charge in [-0.1, -0.05) is 6.07 Å². The average Bonchev–Trinajstić information content (AvgIpc) is 2.83. The van der Waals surface area contributed by atoms with E-state index in [2.05, 4.69) is 4.98 Å². The fraction of sp³-hybridized carbons (Fsp3) is 0.200. The first-order valence-corrected chi connectivity index (χ1v) is 6.13. The summed E-state index contributed by atoms with van der Waals surface area (Å²) >= 11 is 0. The maximum atomic E-state index is 14.0. The largest absolute Gasteiger partial charge is 0.478 e. The smallest absolute Gasteiger partial charge is 0.335 e. The van der Waals surface area contributed by atoms with Crippen LogP contribution in [0.25, 0.3) is 0 Å². The normalized spacial score (nSPS) is 17.2. The Bertz CT molecular complexity index is 654. The van der Waals surface area contributed by atoms with Gasteiger partial charge in [-0.2, -0.15) is 0 Å². The second-order valence-electron chi connectivity index (χ2n) is 4.68. The van der Waals surface area contributed by atoms with Crippen molar-refractivity contribution in [3.8, 4) is 0 Å². The average molecular weight is 257 g/mol. The highest BCUT2D eigenvalue weighted by atomic mass is 19.1. The number of nitrogens with zero attached hydrogens (tertiary/aromatic N) is 1. The predicted octanol–water partition coefficient (Wildman–Crippen LogP) is 3.00. The van der Waals surface area contributed by atoms with Gasteiger partial charge in [-0.05, 0) is 48.2 Å². The van der Waals surface area contributed by atoms with Gasteiger partial charge < -0.3 is 5.11 Å². The maximum absolute atomic E-state index is 14.0. The highest BCUT2D eigenvalue weighted by Crippen LogP contribution is 2.37. The fourth-order valence-corrected chi connectivity index (χ4v) is 2.66. The molecule has 0 aliphatic heterocycles. The van der Waals surface area contributed by atoms with Crippen molar-refractivity contribution in [2.45, 2.75) is 18.8 Å². The molecule has 3 nitrogen and oxygen atoms in total. The molecule has 0 bridgehead atoms. The topological polar surface area (TPSA) is 50.2 Å². The second-order valence-corrected chi connectivity index (χ2v) is 4.68. The van der Waals surface area contributed by atoms with Crippen molar-refractivity contribution in [2.75, 3.05) is 0 Å². The minimum atomic E-state index is -1.04. The third kappa shape index (κ3) is 1.99. The first-order valence-electron chi connectivity index (χ1n) is 6.13. The lowest BCUT2D eigenvalue weighted by Gasteiger charge is -2.12. The van der Waals surface area contributed by atoms with Gasteiger partial charge in [0.2, 0.25) is 0 Å². The zero-order chi connectivity index (χ0) is 13.4. The van der Waals surface area contributed by atoms with Crippen LogP contribution in [-0.4, -0.2) is 16.1 Å². The van der Waals surface area contributed by atoms with Crippen LogP contribution in [0.4, 0.5) is 4.39 Å². The van der Waals surface area contributed by atoms with E-state index in [1.807, 2.05) is 12.1 Å². The minimum absolute atomic E-state index is 0.112. The Hall–Kier alpha value is -2.23. The van der Waals surface area contributed by atoms with Crippen LogP contribution >= 0.6 is 0 Å². The number of hydrogen-bond acceptors (Lipinski definition) is 2. The number of aryl methyl sites for hydroxylation is 1. The monoisotopic (exact) mass is 257 g/mol. The SMILES string of the molecule is O=C(O)c1ccc(F)c(C2CCc3cccnc32)c1. The zero-order valence-corrected chi connectivity index (χ0v) is 10.1. The summed E-state index contributed by atoms with van der Waals surface area (Å²) in [5.74, 6) is -1.55. The summed E-state index contributed by atoms with van der Waals surface area (Å²) in [5.41, 5.74) is 2.52. The number of carbonyl (C=O) groups is 1. The minimum Gasteiger partial charge on any atom is -0.478 e. The molecule has 1 atom stereocenters. The van der Waals surface area contributed by atoms with Crippen LogP contribution in [0, 0.1) is 5.82 Å². The molecule has 0 saturated carbocycles. The van der Waals surface area contributed by atoms with Crippen LogP contribution < -0.4 is 0 Å². The molecular formula is C15H12FNO2. The molecule has 1 aromatic heterocycles. The van der Waals surface area contributed by atoms with Crippen molar-refractivity contribution < 1.29 is 14.3 Å². The maximum Gasteiger partial charge on any atom is 0.335 e. The Balaban J connectivity index is 2.09. The summed E-state index contributed by atoms with van der Waals surface area (Å²) in [6, 6.07) is 7.79. The molecule has 1 aliphatic carbocycles. The molecule has 19 heavy (non-hydrogen) atoms. The lowest BCUT2D eigenvalue weighted by Crippen LogP contribution is -2.05. The fourth-order valence-electron chi connectivity index (χ4n) is 2.66. The van der Waals surface area contributed by atoms with E-state index >= 15 is 0 Å². The summed E-state index contributed by atoms with van der Waals surface area (Å²) in [7, 11) is 0. The molecule has 0 saturated heterocycles. The van der Waals surface area contributed by atoms with E-state index in [1.54, 1.807) is 6.20 Å². The lowest BCUT2D eigenvalue weighted by molar-refractivity contribution is 0.0696. The van der Waals surface area contributed by atoms with E-state index in [0.717, 1.165) is 24.1 Å². The highest BCUT2D eigenvalue weighted by Gasteiger charge is 2.27. The van der Waals surface area contributed by atoms with E-state index in [0.29, 0.717) is 5.56 Å². The Morgan fingerprint density at radius 2 is 2.21 bits per heavy atom. The third-order valence-corrected chi connectivity index (χ3v) is 3.58. The van der Waals surface area contributed by atoms with Gasteiger partial charge in [-0.15, -0.1) is 0 Å². The van der Waals surface area contributed by atoms with E-state index in [-0.39, 0.29) is 17.3 Å². The van der Waals surface area contributed by atoms with Gasteiger partial charge in [0.25, 0.3) is 0 Å². The molecule has 0 radical (unpaired) electrons. The van der Waals surface area contributed by atoms with Crippen molar-refractivity contribution in [3.63, 3.8) is 0 Å². The summed E-state index contributed by atoms with van der Waals surface area (Å²) in [6.45, 7) is 0. The molecule has 0 amide bonds. The first-order chi connectivity index (χ1) is 9.16. The molecule has 96 valence electrons. The molecule has 0 fully saturated rings. The van der Waals surface area contributed by atoms with Crippen molar-refractivity contribution >= 4 is 5.97 Å². The van der Waals surface area contributed by atoms with Crippen LogP contribution in [0.1, 0.15) is 39.5 Å². The number of halogens is 1. The van der Waals surface area contributed by atoms with Crippen molar-refractivity contribution in [3.05, 3.63) is 64.7 Å². The summed E-state index contributed by atoms with van der Waals surface area (Å²) in [6.07, 6.45) is 3.31. The standard InChI is InChI=1S/C15H12FNO2/c16-13-6-4-10(15(18)19)8-12(13)11-5-3-9-2-1-7-17-14(9)11/h1-2,4,6-8,11H,3,5H2,(H,18,19). The molecular weight excluding hydrogens is 245 g/mol. The number of benzene rings is 1. The van der Waals surface area contributed by atoms with E-state index < -0.39 is 5.97 Å². The highest BCUT2D eigenvalue weighted by molar-refractivity contribution is 5.87. The van der Waals surface area contributed by atoms with Crippen LogP contribution in [0.15, 0.2) is 36.5 Å². The van der Waals surface area contributed by atoms with E-state index in [9.17, 15) is 9.18 Å². The number of carboxylic acids is 1. The predicted molar refractivity (Wildman–Crippen MR) is 67.8 cm³/mol. The Morgan fingerprint density at radius 1 is 1.37 bits per heavy atom. The second kappa shape index (κ2) is 4.46. The molecule has 1 aliphatic rings. The number of pyridine rings is 1. The number of aromatic carboxylic acids is 1.